The summed E-state index contributed by atoms with van der Waals surface area (Å²) >= 11 is 0. The normalized spacial score (nSPS) is 18.6. The lowest BCUT2D eigenvalue weighted by Crippen LogP contribution is -2.50. The Labute approximate surface area is 121 Å². The van der Waals surface area contributed by atoms with E-state index in [2.05, 4.69) is 4.90 Å². The Hall–Kier alpha value is -1.47. The summed E-state index contributed by atoms with van der Waals surface area (Å²) in [6.45, 7) is 1.86. The summed E-state index contributed by atoms with van der Waals surface area (Å²) in [6, 6.07) is 7.58. The van der Waals surface area contributed by atoms with Crippen LogP contribution in [0.5, 0.6) is 5.75 Å². The Morgan fingerprint density at radius 1 is 1.24 bits per heavy atom. The van der Waals surface area contributed by atoms with Crippen molar-refractivity contribution in [1.29, 1.82) is 0 Å². The molecule has 0 amide bonds. The zero-order valence-corrected chi connectivity index (χ0v) is 11.8. The molecule has 1 aromatic carbocycles. The number of aliphatic hydroxyl groups is 1. The van der Waals surface area contributed by atoms with Crippen LogP contribution in [0.3, 0.4) is 0 Å². The van der Waals surface area contributed by atoms with Crippen molar-refractivity contribution in [1.82, 2.24) is 4.90 Å². The average molecular weight is 304 g/mol. The van der Waals surface area contributed by atoms with Crippen LogP contribution in [0, 0.1) is 0 Å². The second-order valence-corrected chi connectivity index (χ2v) is 5.05. The van der Waals surface area contributed by atoms with Gasteiger partial charge in [-0.3, -0.25) is 4.90 Å². The Morgan fingerprint density at radius 2 is 1.90 bits per heavy atom. The number of halogens is 3. The van der Waals surface area contributed by atoms with Gasteiger partial charge < -0.3 is 14.7 Å². The molecule has 1 aromatic rings. The zero-order chi connectivity index (χ0) is 15.5. The Kier molecular flexibility index (Phi) is 4.95. The molecular weight excluding hydrogens is 285 g/mol. The molecule has 0 saturated carbocycles. The van der Waals surface area contributed by atoms with E-state index in [1.165, 1.54) is 0 Å². The van der Waals surface area contributed by atoms with E-state index in [0.29, 0.717) is 26.2 Å². The number of rotatable bonds is 4. The topological polar surface area (TPSA) is 35.9 Å². The number of hydrogen-bond donors (Lipinski definition) is 1. The molecule has 1 heterocycles. The highest BCUT2D eigenvalue weighted by Gasteiger charge is 2.39. The van der Waals surface area contributed by atoms with Crippen LogP contribution in [-0.4, -0.2) is 62.1 Å². The smallest absolute Gasteiger partial charge is 0.415 e. The third kappa shape index (κ3) is 4.25. The molecule has 0 aliphatic carbocycles. The van der Waals surface area contributed by atoms with E-state index in [0.717, 1.165) is 11.4 Å². The standard InChI is InChI=1S/C14H19F3N2O2/c1-21-12-4-2-3-11(9-12)19-7-5-18(6-8-19)10-13(20)14(15,16)17/h2-4,9,13,20H,5-8,10H2,1H3. The molecule has 2 rings (SSSR count). The van der Waals surface area contributed by atoms with Gasteiger partial charge in [0.15, 0.2) is 6.10 Å². The summed E-state index contributed by atoms with van der Waals surface area (Å²) in [7, 11) is 1.59. The monoisotopic (exact) mass is 304 g/mol. The van der Waals surface area contributed by atoms with E-state index in [1.807, 2.05) is 24.3 Å². The van der Waals surface area contributed by atoms with E-state index in [4.69, 9.17) is 9.84 Å². The number of methoxy groups -OCH3 is 1. The first-order valence-electron chi connectivity index (χ1n) is 6.76. The number of benzene rings is 1. The summed E-state index contributed by atoms with van der Waals surface area (Å²) < 4.78 is 42.1. The Bertz CT molecular complexity index is 460. The predicted molar refractivity (Wildman–Crippen MR) is 73.7 cm³/mol. The molecule has 1 aliphatic heterocycles. The molecule has 1 saturated heterocycles. The van der Waals surface area contributed by atoms with Crippen LogP contribution in [0.4, 0.5) is 18.9 Å². The fraction of sp³-hybridized carbons (Fsp3) is 0.571. The minimum Gasteiger partial charge on any atom is -0.497 e. The molecule has 0 bridgehead atoms. The van der Waals surface area contributed by atoms with Crippen LogP contribution in [0.15, 0.2) is 24.3 Å². The maximum absolute atomic E-state index is 12.3. The van der Waals surface area contributed by atoms with E-state index < -0.39 is 12.3 Å². The SMILES string of the molecule is COc1cccc(N2CCN(CC(O)C(F)(F)F)CC2)c1. The lowest BCUT2D eigenvalue weighted by molar-refractivity contribution is -0.208. The quantitative estimate of drug-likeness (QED) is 0.919. The van der Waals surface area contributed by atoms with E-state index in [-0.39, 0.29) is 6.54 Å². The van der Waals surface area contributed by atoms with E-state index in [1.54, 1.807) is 12.0 Å². The molecule has 1 atom stereocenters. The fourth-order valence-electron chi connectivity index (χ4n) is 2.34. The summed E-state index contributed by atoms with van der Waals surface area (Å²) in [5, 5.41) is 9.09. The first-order chi connectivity index (χ1) is 9.90. The highest BCUT2D eigenvalue weighted by molar-refractivity contribution is 5.51. The molecule has 0 spiro atoms. The molecule has 4 nitrogen and oxygen atoms in total. The molecule has 7 heteroatoms. The van der Waals surface area contributed by atoms with E-state index in [9.17, 15) is 13.2 Å². The number of β-amino-alcohol motifs (C(OH)–C–C–N with tert-alkyl or cyclic N) is 1. The van der Waals surface area contributed by atoms with Crippen molar-refractivity contribution in [2.24, 2.45) is 0 Å². The van der Waals surface area contributed by atoms with Gasteiger partial charge >= 0.3 is 6.18 Å². The van der Waals surface area contributed by atoms with Gasteiger partial charge in [0.05, 0.1) is 7.11 Å². The Morgan fingerprint density at radius 3 is 2.48 bits per heavy atom. The first kappa shape index (κ1) is 15.9. The first-order valence-corrected chi connectivity index (χ1v) is 6.76. The van der Waals surface area contributed by atoms with Gasteiger partial charge in [-0.15, -0.1) is 0 Å². The van der Waals surface area contributed by atoms with Crippen molar-refractivity contribution in [2.75, 3.05) is 44.7 Å². The lowest BCUT2D eigenvalue weighted by atomic mass is 10.2. The van der Waals surface area contributed by atoms with Crippen LogP contribution in [-0.2, 0) is 0 Å². The number of anilines is 1. The van der Waals surface area contributed by atoms with Crippen LogP contribution in [0.25, 0.3) is 0 Å². The molecule has 1 unspecified atom stereocenters. The van der Waals surface area contributed by atoms with Gasteiger partial charge in [-0.1, -0.05) is 6.07 Å². The van der Waals surface area contributed by atoms with Gasteiger partial charge in [0.25, 0.3) is 0 Å². The van der Waals surface area contributed by atoms with Gasteiger partial charge in [0, 0.05) is 44.5 Å². The van der Waals surface area contributed by atoms with Gasteiger partial charge in [0.2, 0.25) is 0 Å². The third-order valence-corrected chi connectivity index (χ3v) is 3.60. The van der Waals surface area contributed by atoms with Crippen molar-refractivity contribution in [3.63, 3.8) is 0 Å². The molecule has 118 valence electrons. The Balaban J connectivity index is 1.88. The number of piperazine rings is 1. The van der Waals surface area contributed by atoms with Crippen LogP contribution in [0.1, 0.15) is 0 Å². The maximum Gasteiger partial charge on any atom is 0.415 e. The van der Waals surface area contributed by atoms with E-state index >= 15 is 0 Å². The van der Waals surface area contributed by atoms with Crippen molar-refractivity contribution >= 4 is 5.69 Å². The molecule has 1 fully saturated rings. The number of hydrogen-bond acceptors (Lipinski definition) is 4. The highest BCUT2D eigenvalue weighted by atomic mass is 19.4. The summed E-state index contributed by atoms with van der Waals surface area (Å²) in [6.07, 6.45) is -6.83. The number of nitrogens with zero attached hydrogens (tertiary/aromatic N) is 2. The van der Waals surface area contributed by atoms with Crippen molar-refractivity contribution in [2.45, 2.75) is 12.3 Å². The molecule has 1 aliphatic rings. The summed E-state index contributed by atoms with van der Waals surface area (Å²) in [5.41, 5.74) is 0.991. The second kappa shape index (κ2) is 6.53. The molecular formula is C14H19F3N2O2. The fourth-order valence-corrected chi connectivity index (χ4v) is 2.34. The number of aliphatic hydroxyl groups excluding tert-OH is 1. The van der Waals surface area contributed by atoms with Gasteiger partial charge in [-0.2, -0.15) is 13.2 Å². The minimum atomic E-state index is -4.55. The number of ether oxygens (including phenoxy) is 1. The predicted octanol–water partition coefficient (Wildman–Crippen LogP) is 1.74. The van der Waals surface area contributed by atoms with Crippen molar-refractivity contribution in [3.8, 4) is 5.75 Å². The summed E-state index contributed by atoms with van der Waals surface area (Å²) in [4.78, 5) is 3.73. The van der Waals surface area contributed by atoms with Gasteiger partial charge in [-0.05, 0) is 12.1 Å². The third-order valence-electron chi connectivity index (χ3n) is 3.60. The van der Waals surface area contributed by atoms with Crippen molar-refractivity contribution in [3.05, 3.63) is 24.3 Å². The lowest BCUT2D eigenvalue weighted by Gasteiger charge is -2.37. The number of alkyl halides is 3. The molecule has 1 N–H and O–H groups in total. The van der Waals surface area contributed by atoms with Crippen LogP contribution >= 0.6 is 0 Å². The highest BCUT2D eigenvalue weighted by Crippen LogP contribution is 2.24. The zero-order valence-electron chi connectivity index (χ0n) is 11.8. The minimum absolute atomic E-state index is 0.366. The molecule has 21 heavy (non-hydrogen) atoms. The summed E-state index contributed by atoms with van der Waals surface area (Å²) in [5.74, 6) is 0.752. The second-order valence-electron chi connectivity index (χ2n) is 5.05. The average Bonchev–Trinajstić information content (AvgIpc) is 2.47. The van der Waals surface area contributed by atoms with Crippen LogP contribution < -0.4 is 9.64 Å². The van der Waals surface area contributed by atoms with Gasteiger partial charge in [-0.25, -0.2) is 0 Å². The van der Waals surface area contributed by atoms with Crippen molar-refractivity contribution < 1.29 is 23.0 Å². The molecule has 0 aromatic heterocycles. The maximum atomic E-state index is 12.3. The van der Waals surface area contributed by atoms with Gasteiger partial charge in [0.1, 0.15) is 5.75 Å². The molecule has 0 radical (unpaired) electrons. The largest absolute Gasteiger partial charge is 0.497 e. The van der Waals surface area contributed by atoms with Crippen LogP contribution in [0.2, 0.25) is 0 Å².